The maximum absolute atomic E-state index is 13.3. The molecule has 168 valence electrons. The third-order valence-corrected chi connectivity index (χ3v) is 7.12. The molecule has 0 unspecified atom stereocenters. The average Bonchev–Trinajstić information content (AvgIpc) is 2.79. The third kappa shape index (κ3) is 4.19. The molecule has 1 amide bonds. The number of benzene rings is 2. The molecule has 1 saturated heterocycles. The van der Waals surface area contributed by atoms with Gasteiger partial charge in [-0.2, -0.15) is 0 Å². The lowest BCUT2D eigenvalue weighted by Gasteiger charge is -2.30. The Kier molecular flexibility index (Phi) is 6.40. The third-order valence-electron chi connectivity index (χ3n) is 6.71. The number of carbonyl (C=O) groups is 1. The Morgan fingerprint density at radius 1 is 1.12 bits per heavy atom. The Hall–Kier alpha value is -2.63. The molecular weight excluding hydrogens is 422 g/mol. The summed E-state index contributed by atoms with van der Waals surface area (Å²) in [5.74, 6) is 0.224. The Balaban J connectivity index is 1.78. The number of pyridine rings is 1. The van der Waals surface area contributed by atoms with Gasteiger partial charge in [0.15, 0.2) is 0 Å². The fourth-order valence-corrected chi connectivity index (χ4v) is 4.80. The van der Waals surface area contributed by atoms with Crippen molar-refractivity contribution in [3.8, 4) is 0 Å². The maximum atomic E-state index is 13.3. The van der Waals surface area contributed by atoms with Crippen LogP contribution in [-0.4, -0.2) is 42.6 Å². The number of rotatable bonds is 4. The second kappa shape index (κ2) is 9.08. The van der Waals surface area contributed by atoms with Crippen LogP contribution in [0.5, 0.6) is 0 Å². The molecule has 0 radical (unpaired) electrons. The molecule has 4 rings (SSSR count). The van der Waals surface area contributed by atoms with Gasteiger partial charge < -0.3 is 14.4 Å². The number of nitrogens with zero attached hydrogens (tertiary/aromatic N) is 3. The number of piperidine rings is 1. The van der Waals surface area contributed by atoms with Gasteiger partial charge in [-0.1, -0.05) is 17.7 Å². The molecule has 1 aliphatic heterocycles. The molecule has 32 heavy (non-hydrogen) atoms. The smallest absolute Gasteiger partial charge is 0.258 e. The van der Waals surface area contributed by atoms with Crippen LogP contribution >= 0.6 is 11.6 Å². The lowest BCUT2D eigenvalue weighted by atomic mass is 9.87. The van der Waals surface area contributed by atoms with Gasteiger partial charge in [0.25, 0.3) is 11.5 Å². The summed E-state index contributed by atoms with van der Waals surface area (Å²) in [5, 5.41) is 1.64. The number of carbonyl (C=O) groups excluding carboxylic acids is 1. The van der Waals surface area contributed by atoms with Gasteiger partial charge in [0.1, 0.15) is 0 Å². The zero-order valence-corrected chi connectivity index (χ0v) is 19.9. The first kappa shape index (κ1) is 22.6. The van der Waals surface area contributed by atoms with E-state index < -0.39 is 0 Å². The van der Waals surface area contributed by atoms with Crippen molar-refractivity contribution in [1.29, 1.82) is 0 Å². The van der Waals surface area contributed by atoms with E-state index in [-0.39, 0.29) is 11.5 Å². The Bertz CT molecular complexity index is 1230. The number of likely N-dealkylation sites (tertiary alicyclic amines) is 1. The number of amides is 1. The van der Waals surface area contributed by atoms with Gasteiger partial charge in [0.05, 0.1) is 5.52 Å². The number of hydrogen-bond donors (Lipinski definition) is 0. The van der Waals surface area contributed by atoms with E-state index in [1.807, 2.05) is 50.2 Å². The van der Waals surface area contributed by atoms with Crippen LogP contribution in [0.2, 0.25) is 5.02 Å². The maximum Gasteiger partial charge on any atom is 0.258 e. The van der Waals surface area contributed by atoms with Crippen molar-refractivity contribution in [1.82, 2.24) is 9.47 Å². The topological polar surface area (TPSA) is 45.6 Å². The second-order valence-electron chi connectivity index (χ2n) is 8.79. The first-order valence-corrected chi connectivity index (χ1v) is 11.6. The van der Waals surface area contributed by atoms with Crippen LogP contribution in [0.3, 0.4) is 0 Å². The normalized spacial score (nSPS) is 15.3. The summed E-state index contributed by atoms with van der Waals surface area (Å²) >= 11 is 6.28. The van der Waals surface area contributed by atoms with E-state index in [9.17, 15) is 9.59 Å². The van der Waals surface area contributed by atoms with Crippen molar-refractivity contribution < 1.29 is 4.79 Å². The molecule has 3 aromatic rings. The molecule has 0 bridgehead atoms. The zero-order chi connectivity index (χ0) is 23.0. The molecule has 6 heteroatoms. The molecule has 5 nitrogen and oxygen atoms in total. The summed E-state index contributed by atoms with van der Waals surface area (Å²) in [6, 6.07) is 13.1. The predicted molar refractivity (Wildman–Crippen MR) is 132 cm³/mol. The number of fused-ring (bicyclic) bond motifs is 1. The zero-order valence-electron chi connectivity index (χ0n) is 19.2. The SMILES string of the molecule is CCn1c(=O)cc(C2CCN(C)CC2)c2cc(C(=O)N(C)c3ccc(C)c(Cl)c3)ccc21. The average molecular weight is 452 g/mol. The van der Waals surface area contributed by atoms with Gasteiger partial charge in [0.2, 0.25) is 0 Å². The van der Waals surface area contributed by atoms with Crippen LogP contribution in [0, 0.1) is 6.92 Å². The molecule has 0 N–H and O–H groups in total. The molecule has 2 aromatic carbocycles. The lowest BCUT2D eigenvalue weighted by molar-refractivity contribution is 0.0993. The van der Waals surface area contributed by atoms with E-state index in [0.717, 1.165) is 53.6 Å². The van der Waals surface area contributed by atoms with Crippen LogP contribution < -0.4 is 10.5 Å². The number of aromatic nitrogens is 1. The molecule has 1 fully saturated rings. The van der Waals surface area contributed by atoms with Crippen LogP contribution in [0.15, 0.2) is 47.3 Å². The second-order valence-corrected chi connectivity index (χ2v) is 9.20. The van der Waals surface area contributed by atoms with Gasteiger partial charge in [-0.25, -0.2) is 0 Å². The van der Waals surface area contributed by atoms with Gasteiger partial charge in [0, 0.05) is 41.3 Å². The van der Waals surface area contributed by atoms with E-state index in [4.69, 9.17) is 11.6 Å². The minimum atomic E-state index is -0.101. The minimum absolute atomic E-state index is 0.0272. The fourth-order valence-electron chi connectivity index (χ4n) is 4.63. The van der Waals surface area contributed by atoms with Gasteiger partial charge in [-0.05, 0) is 94.2 Å². The number of halogens is 1. The van der Waals surface area contributed by atoms with Crippen LogP contribution in [0.1, 0.15) is 47.2 Å². The highest BCUT2D eigenvalue weighted by Gasteiger charge is 2.23. The predicted octanol–water partition coefficient (Wildman–Crippen LogP) is 5.07. The van der Waals surface area contributed by atoms with E-state index >= 15 is 0 Å². The van der Waals surface area contributed by atoms with E-state index in [0.29, 0.717) is 23.0 Å². The van der Waals surface area contributed by atoms with Crippen molar-refractivity contribution in [2.75, 3.05) is 32.1 Å². The highest BCUT2D eigenvalue weighted by atomic mass is 35.5. The van der Waals surface area contributed by atoms with Crippen molar-refractivity contribution in [3.05, 3.63) is 74.5 Å². The summed E-state index contributed by atoms with van der Waals surface area (Å²) in [6.45, 7) is 6.54. The standard InChI is InChI=1S/C26H30ClN3O2/c1-5-30-24-9-7-19(26(32)29(4)20-8-6-17(2)23(27)15-20)14-22(24)21(16-25(30)31)18-10-12-28(3)13-11-18/h6-9,14-16,18H,5,10-13H2,1-4H3. The molecular formula is C26H30ClN3O2. The van der Waals surface area contributed by atoms with Crippen LogP contribution in [0.25, 0.3) is 10.9 Å². The van der Waals surface area contributed by atoms with E-state index in [1.54, 1.807) is 22.6 Å². The Morgan fingerprint density at radius 3 is 2.50 bits per heavy atom. The lowest BCUT2D eigenvalue weighted by Crippen LogP contribution is -2.30. The van der Waals surface area contributed by atoms with E-state index in [1.165, 1.54) is 0 Å². The number of anilines is 1. The van der Waals surface area contributed by atoms with Crippen molar-refractivity contribution in [3.63, 3.8) is 0 Å². The number of hydrogen-bond acceptors (Lipinski definition) is 3. The summed E-state index contributed by atoms with van der Waals surface area (Å²) in [6.07, 6.45) is 2.03. The Labute approximate surface area is 194 Å². The molecule has 0 saturated carbocycles. The largest absolute Gasteiger partial charge is 0.311 e. The van der Waals surface area contributed by atoms with Crippen molar-refractivity contribution in [2.24, 2.45) is 0 Å². The molecule has 0 atom stereocenters. The van der Waals surface area contributed by atoms with Crippen LogP contribution in [0.4, 0.5) is 5.69 Å². The molecule has 0 aliphatic carbocycles. The molecule has 1 aromatic heterocycles. The van der Waals surface area contributed by atoms with Crippen molar-refractivity contribution >= 4 is 34.1 Å². The summed E-state index contributed by atoms with van der Waals surface area (Å²) < 4.78 is 1.78. The minimum Gasteiger partial charge on any atom is -0.311 e. The summed E-state index contributed by atoms with van der Waals surface area (Å²) in [5.41, 5.74) is 4.32. The van der Waals surface area contributed by atoms with E-state index in [2.05, 4.69) is 11.9 Å². The quantitative estimate of drug-likeness (QED) is 0.556. The first-order valence-electron chi connectivity index (χ1n) is 11.2. The summed E-state index contributed by atoms with van der Waals surface area (Å²) in [7, 11) is 3.89. The molecule has 1 aliphatic rings. The fraction of sp³-hybridized carbons (Fsp3) is 0.385. The monoisotopic (exact) mass is 451 g/mol. The van der Waals surface area contributed by atoms with Crippen LogP contribution in [-0.2, 0) is 6.54 Å². The highest BCUT2D eigenvalue weighted by Crippen LogP contribution is 2.33. The Morgan fingerprint density at radius 2 is 1.84 bits per heavy atom. The van der Waals surface area contributed by atoms with Gasteiger partial charge in [-0.15, -0.1) is 0 Å². The molecule has 0 spiro atoms. The van der Waals surface area contributed by atoms with Gasteiger partial charge in [-0.3, -0.25) is 9.59 Å². The van der Waals surface area contributed by atoms with Gasteiger partial charge >= 0.3 is 0 Å². The highest BCUT2D eigenvalue weighted by molar-refractivity contribution is 6.31. The molecule has 2 heterocycles. The summed E-state index contributed by atoms with van der Waals surface area (Å²) in [4.78, 5) is 30.1. The van der Waals surface area contributed by atoms with Crippen molar-refractivity contribution in [2.45, 2.75) is 39.2 Å². The first-order chi connectivity index (χ1) is 15.3. The number of aryl methyl sites for hydroxylation is 2.